The Kier molecular flexibility index (Phi) is 3.03. The maximum absolute atomic E-state index is 12.2. The van der Waals surface area contributed by atoms with Gasteiger partial charge in [0.1, 0.15) is 11.6 Å². The van der Waals surface area contributed by atoms with Gasteiger partial charge in [-0.3, -0.25) is 4.79 Å². The van der Waals surface area contributed by atoms with Gasteiger partial charge in [-0.2, -0.15) is 0 Å². The Morgan fingerprint density at radius 1 is 1.32 bits per heavy atom. The number of pyridine rings is 1. The molecule has 0 aliphatic heterocycles. The van der Waals surface area contributed by atoms with Gasteiger partial charge in [-0.1, -0.05) is 11.2 Å². The van der Waals surface area contributed by atoms with E-state index in [4.69, 9.17) is 4.52 Å². The van der Waals surface area contributed by atoms with E-state index in [0.29, 0.717) is 11.5 Å². The van der Waals surface area contributed by atoms with Gasteiger partial charge in [0.2, 0.25) is 0 Å². The van der Waals surface area contributed by atoms with E-state index in [1.807, 2.05) is 19.1 Å². The van der Waals surface area contributed by atoms with Crippen LogP contribution in [-0.4, -0.2) is 16.0 Å². The smallest absolute Gasteiger partial charge is 0.279 e. The first kappa shape index (κ1) is 11.9. The number of fused-ring (bicyclic) bond motifs is 1. The molecule has 0 aromatic carbocycles. The van der Waals surface area contributed by atoms with Crippen molar-refractivity contribution in [2.24, 2.45) is 0 Å². The molecule has 0 bridgehead atoms. The van der Waals surface area contributed by atoms with E-state index in [1.54, 1.807) is 6.07 Å². The molecule has 1 aliphatic rings. The van der Waals surface area contributed by atoms with Crippen LogP contribution in [-0.2, 0) is 12.8 Å². The van der Waals surface area contributed by atoms with Crippen molar-refractivity contribution in [1.29, 1.82) is 0 Å². The van der Waals surface area contributed by atoms with Gasteiger partial charge in [-0.15, -0.1) is 0 Å². The van der Waals surface area contributed by atoms with E-state index in [1.165, 1.54) is 0 Å². The molecule has 2 aromatic heterocycles. The van der Waals surface area contributed by atoms with Crippen LogP contribution in [0.4, 0.5) is 5.82 Å². The molecule has 5 nitrogen and oxygen atoms in total. The minimum absolute atomic E-state index is 0.245. The number of nitrogens with zero attached hydrogens (tertiary/aromatic N) is 2. The van der Waals surface area contributed by atoms with Crippen LogP contribution >= 0.6 is 0 Å². The maximum atomic E-state index is 12.2. The molecule has 98 valence electrons. The van der Waals surface area contributed by atoms with Crippen molar-refractivity contribution in [2.45, 2.75) is 32.6 Å². The third kappa shape index (κ3) is 2.36. The van der Waals surface area contributed by atoms with Crippen molar-refractivity contribution in [3.8, 4) is 0 Å². The molecule has 5 heteroatoms. The molecule has 0 saturated carbocycles. The van der Waals surface area contributed by atoms with Crippen LogP contribution in [0.3, 0.4) is 0 Å². The van der Waals surface area contributed by atoms with Gasteiger partial charge >= 0.3 is 0 Å². The summed E-state index contributed by atoms with van der Waals surface area (Å²) in [6, 6.07) is 5.50. The number of carbonyl (C=O) groups excluding carboxylic acids is 1. The zero-order valence-corrected chi connectivity index (χ0v) is 10.8. The Balaban J connectivity index is 1.83. The Bertz CT molecular complexity index is 619. The van der Waals surface area contributed by atoms with Crippen molar-refractivity contribution in [1.82, 2.24) is 10.1 Å². The van der Waals surface area contributed by atoms with E-state index in [0.717, 1.165) is 42.7 Å². The fourth-order valence-electron chi connectivity index (χ4n) is 2.35. The molecule has 0 radical (unpaired) electrons. The van der Waals surface area contributed by atoms with Crippen molar-refractivity contribution in [2.75, 3.05) is 5.32 Å². The van der Waals surface area contributed by atoms with Crippen molar-refractivity contribution >= 4 is 11.7 Å². The van der Waals surface area contributed by atoms with Crippen LogP contribution in [0, 0.1) is 6.92 Å². The lowest BCUT2D eigenvalue weighted by Crippen LogP contribution is -2.16. The number of hydrogen-bond donors (Lipinski definition) is 1. The Morgan fingerprint density at radius 3 is 3.00 bits per heavy atom. The van der Waals surface area contributed by atoms with Crippen LogP contribution in [0.15, 0.2) is 22.7 Å². The second-order valence-electron chi connectivity index (χ2n) is 4.76. The topological polar surface area (TPSA) is 68.0 Å². The molecule has 0 spiro atoms. The highest BCUT2D eigenvalue weighted by Gasteiger charge is 2.24. The summed E-state index contributed by atoms with van der Waals surface area (Å²) in [5.41, 5.74) is 2.22. The summed E-state index contributed by atoms with van der Waals surface area (Å²) >= 11 is 0. The first-order chi connectivity index (χ1) is 9.24. The first-order valence-electron chi connectivity index (χ1n) is 6.46. The number of anilines is 1. The summed E-state index contributed by atoms with van der Waals surface area (Å²) in [6.45, 7) is 1.88. The molecule has 2 heterocycles. The van der Waals surface area contributed by atoms with Crippen LogP contribution in [0.25, 0.3) is 0 Å². The molecule has 19 heavy (non-hydrogen) atoms. The summed E-state index contributed by atoms with van der Waals surface area (Å²) in [5.74, 6) is 1.15. The lowest BCUT2D eigenvalue weighted by atomic mass is 9.96. The predicted octanol–water partition coefficient (Wildman–Crippen LogP) is 2.51. The van der Waals surface area contributed by atoms with Crippen LogP contribution in [0.1, 0.15) is 40.3 Å². The fourth-order valence-corrected chi connectivity index (χ4v) is 2.35. The standard InChI is InChI=1S/C14H15N3O2/c1-9-5-4-8-12(15-9)16-14(18)13-10-6-2-3-7-11(10)19-17-13/h4-5,8H,2-3,6-7H2,1H3,(H,15,16,18). The van der Waals surface area contributed by atoms with Gasteiger partial charge in [0.15, 0.2) is 5.69 Å². The largest absolute Gasteiger partial charge is 0.360 e. The van der Waals surface area contributed by atoms with Gasteiger partial charge in [-0.05, 0) is 38.3 Å². The van der Waals surface area contributed by atoms with E-state index in [2.05, 4.69) is 15.5 Å². The van der Waals surface area contributed by atoms with E-state index < -0.39 is 0 Å². The molecule has 2 aromatic rings. The van der Waals surface area contributed by atoms with Gasteiger partial charge in [0.25, 0.3) is 5.91 Å². The highest BCUT2D eigenvalue weighted by atomic mass is 16.5. The molecule has 0 saturated heterocycles. The summed E-state index contributed by atoms with van der Waals surface area (Å²) in [6.07, 6.45) is 3.92. The second kappa shape index (κ2) is 4.84. The highest BCUT2D eigenvalue weighted by Crippen LogP contribution is 2.24. The number of nitrogens with one attached hydrogen (secondary N) is 1. The minimum atomic E-state index is -0.245. The Hall–Kier alpha value is -2.17. The minimum Gasteiger partial charge on any atom is -0.360 e. The average Bonchev–Trinajstić information content (AvgIpc) is 2.82. The lowest BCUT2D eigenvalue weighted by Gasteiger charge is -2.09. The molecule has 0 fully saturated rings. The summed E-state index contributed by atoms with van der Waals surface area (Å²) < 4.78 is 5.24. The molecule has 0 unspecified atom stereocenters. The van der Waals surface area contributed by atoms with Crippen molar-refractivity contribution in [3.63, 3.8) is 0 Å². The summed E-state index contributed by atoms with van der Waals surface area (Å²) in [7, 11) is 0. The first-order valence-corrected chi connectivity index (χ1v) is 6.46. The SMILES string of the molecule is Cc1cccc(NC(=O)c2noc3c2CCCC3)n1. The number of aromatic nitrogens is 2. The monoisotopic (exact) mass is 257 g/mol. The maximum Gasteiger partial charge on any atom is 0.279 e. The Morgan fingerprint density at radius 2 is 2.16 bits per heavy atom. The zero-order chi connectivity index (χ0) is 13.2. The molecular weight excluding hydrogens is 242 g/mol. The lowest BCUT2D eigenvalue weighted by molar-refractivity contribution is 0.101. The van der Waals surface area contributed by atoms with Gasteiger partial charge < -0.3 is 9.84 Å². The number of amides is 1. The zero-order valence-electron chi connectivity index (χ0n) is 10.8. The van der Waals surface area contributed by atoms with E-state index in [-0.39, 0.29) is 5.91 Å². The second-order valence-corrected chi connectivity index (χ2v) is 4.76. The molecule has 0 atom stereocenters. The highest BCUT2D eigenvalue weighted by molar-refractivity contribution is 6.03. The van der Waals surface area contributed by atoms with Crippen LogP contribution in [0.2, 0.25) is 0 Å². The molecule has 1 aliphatic carbocycles. The van der Waals surface area contributed by atoms with Crippen molar-refractivity contribution in [3.05, 3.63) is 40.9 Å². The van der Waals surface area contributed by atoms with E-state index >= 15 is 0 Å². The van der Waals surface area contributed by atoms with Crippen LogP contribution in [0.5, 0.6) is 0 Å². The molecule has 3 rings (SSSR count). The van der Waals surface area contributed by atoms with Crippen LogP contribution < -0.4 is 5.32 Å². The third-order valence-corrected chi connectivity index (χ3v) is 3.30. The average molecular weight is 257 g/mol. The molecular formula is C14H15N3O2. The summed E-state index contributed by atoms with van der Waals surface area (Å²) in [5, 5.41) is 6.66. The molecule has 1 amide bonds. The third-order valence-electron chi connectivity index (χ3n) is 3.30. The summed E-state index contributed by atoms with van der Waals surface area (Å²) in [4.78, 5) is 16.4. The normalized spacial score (nSPS) is 13.9. The fraction of sp³-hybridized carbons (Fsp3) is 0.357. The number of aryl methyl sites for hydroxylation is 2. The van der Waals surface area contributed by atoms with Crippen molar-refractivity contribution < 1.29 is 9.32 Å². The van der Waals surface area contributed by atoms with Gasteiger partial charge in [0, 0.05) is 17.7 Å². The molecule has 1 N–H and O–H groups in total. The predicted molar refractivity (Wildman–Crippen MR) is 70.1 cm³/mol. The van der Waals surface area contributed by atoms with E-state index in [9.17, 15) is 4.79 Å². The number of rotatable bonds is 2. The Labute approximate surface area is 111 Å². The quantitative estimate of drug-likeness (QED) is 0.897. The number of carbonyl (C=O) groups is 1. The van der Waals surface area contributed by atoms with Gasteiger partial charge in [-0.25, -0.2) is 4.98 Å². The van der Waals surface area contributed by atoms with Gasteiger partial charge in [0.05, 0.1) is 0 Å². The number of hydrogen-bond acceptors (Lipinski definition) is 4.